The summed E-state index contributed by atoms with van der Waals surface area (Å²) in [5, 5.41) is 0.675. The highest BCUT2D eigenvalue weighted by atomic mass is 35.5. The molecule has 0 saturated carbocycles. The van der Waals surface area contributed by atoms with Crippen molar-refractivity contribution < 1.29 is 0 Å². The van der Waals surface area contributed by atoms with Gasteiger partial charge in [0.1, 0.15) is 11.5 Å². The normalized spacial score (nSPS) is 10.5. The van der Waals surface area contributed by atoms with Crippen LogP contribution in [-0.4, -0.2) is 9.55 Å². The first-order chi connectivity index (χ1) is 6.68. The van der Waals surface area contributed by atoms with Crippen molar-refractivity contribution in [3.8, 4) is 5.69 Å². The molecule has 1 aromatic carbocycles. The maximum Gasteiger partial charge on any atom is 0.136 e. The topological polar surface area (TPSA) is 17.8 Å². The summed E-state index contributed by atoms with van der Waals surface area (Å²) in [6.07, 6.45) is 1.74. The Morgan fingerprint density at radius 2 is 1.79 bits per heavy atom. The summed E-state index contributed by atoms with van der Waals surface area (Å²) >= 11 is 6.08. The lowest BCUT2D eigenvalue weighted by atomic mass is 10.2. The monoisotopic (exact) mass is 206 g/mol. The van der Waals surface area contributed by atoms with Gasteiger partial charge in [-0.15, -0.1) is 0 Å². The SMILES string of the molecule is Cc1ccc(-n2cnc(C)c2Cl)cc1. The van der Waals surface area contributed by atoms with E-state index in [0.29, 0.717) is 5.15 Å². The van der Waals surface area contributed by atoms with Gasteiger partial charge in [0.15, 0.2) is 0 Å². The van der Waals surface area contributed by atoms with E-state index in [-0.39, 0.29) is 0 Å². The van der Waals surface area contributed by atoms with Crippen LogP contribution in [0.3, 0.4) is 0 Å². The molecule has 0 saturated heterocycles. The highest BCUT2D eigenvalue weighted by Crippen LogP contribution is 2.19. The maximum atomic E-state index is 6.08. The zero-order valence-corrected chi connectivity index (χ0v) is 8.92. The van der Waals surface area contributed by atoms with Crippen LogP contribution in [0, 0.1) is 13.8 Å². The van der Waals surface area contributed by atoms with E-state index in [2.05, 4.69) is 24.0 Å². The van der Waals surface area contributed by atoms with Crippen LogP contribution in [0.15, 0.2) is 30.6 Å². The van der Waals surface area contributed by atoms with Crippen molar-refractivity contribution in [2.45, 2.75) is 13.8 Å². The number of benzene rings is 1. The summed E-state index contributed by atoms with van der Waals surface area (Å²) in [6, 6.07) is 8.17. The van der Waals surface area contributed by atoms with E-state index in [1.54, 1.807) is 6.33 Å². The molecule has 0 bridgehead atoms. The summed E-state index contributed by atoms with van der Waals surface area (Å²) in [5.74, 6) is 0. The van der Waals surface area contributed by atoms with Crippen LogP contribution < -0.4 is 0 Å². The quantitative estimate of drug-likeness (QED) is 0.701. The van der Waals surface area contributed by atoms with Crippen LogP contribution >= 0.6 is 11.6 Å². The van der Waals surface area contributed by atoms with Crippen LogP contribution in [0.5, 0.6) is 0 Å². The fourth-order valence-electron chi connectivity index (χ4n) is 1.31. The van der Waals surface area contributed by atoms with Gasteiger partial charge in [0, 0.05) is 5.69 Å². The molecule has 1 heterocycles. The number of rotatable bonds is 1. The Morgan fingerprint density at radius 1 is 1.14 bits per heavy atom. The average Bonchev–Trinajstić information content (AvgIpc) is 2.50. The molecule has 0 atom stereocenters. The third-order valence-corrected chi connectivity index (χ3v) is 2.64. The summed E-state index contributed by atoms with van der Waals surface area (Å²) in [4.78, 5) is 4.15. The fourth-order valence-corrected chi connectivity index (χ4v) is 1.50. The molecule has 0 aliphatic rings. The lowest BCUT2D eigenvalue weighted by Crippen LogP contribution is -1.91. The van der Waals surface area contributed by atoms with Crippen molar-refractivity contribution in [1.29, 1.82) is 0 Å². The van der Waals surface area contributed by atoms with Crippen molar-refractivity contribution in [2.75, 3.05) is 0 Å². The molecule has 0 radical (unpaired) electrons. The number of hydrogen-bond donors (Lipinski definition) is 0. The number of hydrogen-bond acceptors (Lipinski definition) is 1. The van der Waals surface area contributed by atoms with Gasteiger partial charge in [0.2, 0.25) is 0 Å². The molecule has 72 valence electrons. The Hall–Kier alpha value is -1.28. The van der Waals surface area contributed by atoms with E-state index >= 15 is 0 Å². The van der Waals surface area contributed by atoms with Crippen LogP contribution in [0.25, 0.3) is 5.69 Å². The lowest BCUT2D eigenvalue weighted by molar-refractivity contribution is 1.06. The molecule has 0 aliphatic carbocycles. The number of aryl methyl sites for hydroxylation is 2. The Kier molecular flexibility index (Phi) is 2.30. The summed E-state index contributed by atoms with van der Waals surface area (Å²) < 4.78 is 1.87. The summed E-state index contributed by atoms with van der Waals surface area (Å²) in [7, 11) is 0. The zero-order valence-electron chi connectivity index (χ0n) is 8.16. The standard InChI is InChI=1S/C11H11ClN2/c1-8-3-5-10(6-4-8)14-7-13-9(2)11(14)12/h3-7H,1-2H3. The predicted molar refractivity (Wildman–Crippen MR) is 58.0 cm³/mol. The zero-order chi connectivity index (χ0) is 10.1. The molecule has 2 aromatic rings. The van der Waals surface area contributed by atoms with E-state index in [1.165, 1.54) is 5.56 Å². The minimum Gasteiger partial charge on any atom is -0.290 e. The van der Waals surface area contributed by atoms with Crippen LogP contribution in [0.1, 0.15) is 11.3 Å². The van der Waals surface area contributed by atoms with Crippen molar-refractivity contribution >= 4 is 11.6 Å². The van der Waals surface area contributed by atoms with Gasteiger partial charge in [-0.05, 0) is 26.0 Å². The molecular formula is C11H11ClN2. The van der Waals surface area contributed by atoms with Gasteiger partial charge in [0.25, 0.3) is 0 Å². The van der Waals surface area contributed by atoms with E-state index < -0.39 is 0 Å². The molecule has 0 aliphatic heterocycles. The number of aromatic nitrogens is 2. The van der Waals surface area contributed by atoms with E-state index in [9.17, 15) is 0 Å². The molecule has 2 rings (SSSR count). The smallest absolute Gasteiger partial charge is 0.136 e. The number of halogens is 1. The van der Waals surface area contributed by atoms with Crippen LogP contribution in [0.4, 0.5) is 0 Å². The molecule has 0 N–H and O–H groups in total. The van der Waals surface area contributed by atoms with E-state index in [0.717, 1.165) is 11.4 Å². The highest BCUT2D eigenvalue weighted by Gasteiger charge is 2.05. The Labute approximate surface area is 88.2 Å². The van der Waals surface area contributed by atoms with Gasteiger partial charge in [-0.3, -0.25) is 4.57 Å². The molecule has 0 amide bonds. The van der Waals surface area contributed by atoms with E-state index in [4.69, 9.17) is 11.6 Å². The largest absolute Gasteiger partial charge is 0.290 e. The van der Waals surface area contributed by atoms with Crippen LogP contribution in [0.2, 0.25) is 5.15 Å². The van der Waals surface area contributed by atoms with Gasteiger partial charge in [-0.25, -0.2) is 4.98 Å². The van der Waals surface area contributed by atoms with Gasteiger partial charge >= 0.3 is 0 Å². The summed E-state index contributed by atoms with van der Waals surface area (Å²) in [6.45, 7) is 3.96. The minimum absolute atomic E-state index is 0.675. The number of imidazole rings is 1. The minimum atomic E-state index is 0.675. The molecule has 2 nitrogen and oxygen atoms in total. The van der Waals surface area contributed by atoms with Crippen LogP contribution in [-0.2, 0) is 0 Å². The van der Waals surface area contributed by atoms with E-state index in [1.807, 2.05) is 23.6 Å². The molecular weight excluding hydrogens is 196 g/mol. The lowest BCUT2D eigenvalue weighted by Gasteiger charge is -2.03. The maximum absolute atomic E-state index is 6.08. The van der Waals surface area contributed by atoms with Crippen molar-refractivity contribution in [1.82, 2.24) is 9.55 Å². The molecule has 0 fully saturated rings. The number of nitrogens with zero attached hydrogens (tertiary/aromatic N) is 2. The van der Waals surface area contributed by atoms with Gasteiger partial charge in [-0.1, -0.05) is 29.3 Å². The Morgan fingerprint density at radius 3 is 2.29 bits per heavy atom. The molecule has 0 unspecified atom stereocenters. The second kappa shape index (κ2) is 3.46. The van der Waals surface area contributed by atoms with Crippen molar-refractivity contribution in [3.05, 3.63) is 47.0 Å². The first-order valence-electron chi connectivity index (χ1n) is 4.45. The van der Waals surface area contributed by atoms with Gasteiger partial charge < -0.3 is 0 Å². The highest BCUT2D eigenvalue weighted by molar-refractivity contribution is 6.30. The second-order valence-corrected chi connectivity index (χ2v) is 3.68. The Bertz CT molecular complexity index is 443. The fraction of sp³-hybridized carbons (Fsp3) is 0.182. The first kappa shape index (κ1) is 9.28. The second-order valence-electron chi connectivity index (χ2n) is 3.33. The third kappa shape index (κ3) is 1.53. The third-order valence-electron chi connectivity index (χ3n) is 2.19. The molecule has 0 spiro atoms. The summed E-state index contributed by atoms with van der Waals surface area (Å²) in [5.41, 5.74) is 3.13. The molecule has 1 aromatic heterocycles. The predicted octanol–water partition coefficient (Wildman–Crippen LogP) is 3.14. The van der Waals surface area contributed by atoms with Crippen molar-refractivity contribution in [3.63, 3.8) is 0 Å². The van der Waals surface area contributed by atoms with Gasteiger partial charge in [0.05, 0.1) is 5.69 Å². The van der Waals surface area contributed by atoms with Gasteiger partial charge in [-0.2, -0.15) is 0 Å². The average molecular weight is 207 g/mol. The molecule has 14 heavy (non-hydrogen) atoms. The van der Waals surface area contributed by atoms with Crippen molar-refractivity contribution in [2.24, 2.45) is 0 Å². The first-order valence-corrected chi connectivity index (χ1v) is 4.83. The Balaban J connectivity index is 2.49. The molecule has 3 heteroatoms.